The van der Waals surface area contributed by atoms with E-state index in [1.807, 2.05) is 0 Å². The number of aromatic nitrogens is 3. The number of benzene rings is 1. The first-order chi connectivity index (χ1) is 14.7. The average Bonchev–Trinajstić information content (AvgIpc) is 3.12. The summed E-state index contributed by atoms with van der Waals surface area (Å²) < 4.78 is 0. The molecule has 3 rings (SSSR count). The van der Waals surface area contributed by atoms with Crippen LogP contribution in [0.4, 0.5) is 17.3 Å². The number of nitrogens with one attached hydrogen (secondary N) is 3. The van der Waals surface area contributed by atoms with Crippen molar-refractivity contribution in [1.29, 1.82) is 0 Å². The molecule has 0 saturated carbocycles. The lowest BCUT2D eigenvalue weighted by Crippen LogP contribution is -2.43. The van der Waals surface area contributed by atoms with E-state index in [2.05, 4.69) is 30.5 Å². The summed E-state index contributed by atoms with van der Waals surface area (Å²) in [5, 5.41) is 37.9. The molecule has 0 aliphatic carbocycles. The maximum absolute atomic E-state index is 12.3. The molecule has 8 N–H and O–H groups in total. The molecule has 3 aromatic rings. The van der Waals surface area contributed by atoms with Gasteiger partial charge in [0.05, 0.1) is 11.7 Å². The van der Waals surface area contributed by atoms with Gasteiger partial charge in [0.2, 0.25) is 5.95 Å². The second-order valence-electron chi connectivity index (χ2n) is 6.52. The zero-order valence-electron chi connectivity index (χ0n) is 15.9. The first-order valence-corrected chi connectivity index (χ1v) is 9.02. The number of nitrogens with zero attached hydrogens (tertiary/aromatic N) is 3. The van der Waals surface area contributed by atoms with Gasteiger partial charge in [-0.2, -0.15) is 10.1 Å². The number of H-pyrrole nitrogens is 2. The lowest BCUT2D eigenvalue weighted by molar-refractivity contribution is -0.137. The summed E-state index contributed by atoms with van der Waals surface area (Å²) in [7, 11) is 0. The van der Waals surface area contributed by atoms with Crippen molar-refractivity contribution in [2.24, 2.45) is 10.2 Å². The Morgan fingerprint density at radius 1 is 1.19 bits per heavy atom. The highest BCUT2D eigenvalue weighted by Crippen LogP contribution is 2.24. The molecule has 0 fully saturated rings. The molecule has 1 amide bonds. The van der Waals surface area contributed by atoms with Crippen LogP contribution in [0.2, 0.25) is 0 Å². The van der Waals surface area contributed by atoms with Crippen LogP contribution >= 0.6 is 0 Å². The van der Waals surface area contributed by atoms with Gasteiger partial charge in [-0.1, -0.05) is 0 Å². The second-order valence-corrected chi connectivity index (χ2v) is 6.52. The van der Waals surface area contributed by atoms with Crippen LogP contribution in [0.15, 0.2) is 45.5 Å². The number of carbonyl (C=O) groups excluding carboxylic acids is 1. The van der Waals surface area contributed by atoms with Crippen molar-refractivity contribution < 1.29 is 24.9 Å². The molecule has 13 heteroatoms. The zero-order valence-corrected chi connectivity index (χ0v) is 15.9. The number of hydrogen-bond donors (Lipinski definition) is 7. The molecule has 31 heavy (non-hydrogen) atoms. The fraction of sp³-hybridized carbons (Fsp3) is 0.222. The number of carboxylic acid groups (broad SMARTS) is 1. The molecule has 162 valence electrons. The summed E-state index contributed by atoms with van der Waals surface area (Å²) >= 11 is 0. The van der Waals surface area contributed by atoms with Crippen LogP contribution in [0.1, 0.15) is 23.2 Å². The van der Waals surface area contributed by atoms with Crippen LogP contribution in [-0.2, 0) is 4.79 Å². The van der Waals surface area contributed by atoms with Gasteiger partial charge in [-0.25, -0.2) is 0 Å². The third kappa shape index (κ3) is 5.29. The third-order valence-electron chi connectivity index (χ3n) is 4.29. The predicted molar refractivity (Wildman–Crippen MR) is 108 cm³/mol. The Morgan fingerprint density at radius 3 is 2.55 bits per heavy atom. The molecule has 0 unspecified atom stereocenters. The number of anilines is 1. The van der Waals surface area contributed by atoms with E-state index >= 15 is 0 Å². The van der Waals surface area contributed by atoms with E-state index in [1.54, 1.807) is 0 Å². The average molecular weight is 429 g/mol. The summed E-state index contributed by atoms with van der Waals surface area (Å²) in [4.78, 5) is 44.1. The highest BCUT2D eigenvalue weighted by Gasteiger charge is 2.21. The van der Waals surface area contributed by atoms with Crippen molar-refractivity contribution in [3.8, 4) is 0 Å². The molecule has 0 aliphatic rings. The number of nitrogens with two attached hydrogens (primary N) is 1. The molecule has 0 spiro atoms. The van der Waals surface area contributed by atoms with Crippen LogP contribution in [0.3, 0.4) is 0 Å². The molecular formula is C18H19N7O6. The van der Waals surface area contributed by atoms with E-state index in [9.17, 15) is 24.6 Å². The van der Waals surface area contributed by atoms with Gasteiger partial charge in [0.15, 0.2) is 6.29 Å². The van der Waals surface area contributed by atoms with Gasteiger partial charge < -0.3 is 31.4 Å². The Labute approximate surface area is 173 Å². The number of hydrogen-bond acceptors (Lipinski definition) is 9. The summed E-state index contributed by atoms with van der Waals surface area (Å²) in [6.45, 7) is 0. The highest BCUT2D eigenvalue weighted by molar-refractivity contribution is 5.94. The third-order valence-corrected chi connectivity index (χ3v) is 4.29. The summed E-state index contributed by atoms with van der Waals surface area (Å²) in [6.07, 6.45) is -0.925. The molecule has 0 saturated heterocycles. The van der Waals surface area contributed by atoms with Gasteiger partial charge in [0, 0.05) is 18.2 Å². The molecular weight excluding hydrogens is 410 g/mol. The number of azo groups is 1. The molecule has 0 aliphatic heterocycles. The smallest absolute Gasteiger partial charge is 0.303 e. The Hall–Kier alpha value is -4.10. The largest absolute Gasteiger partial charge is 0.481 e. The standard InChI is InChI=1S/C18H19N7O6/c19-18-22-14-13(16(29)23-18)11(7-20-14)25-24-9-3-1-8(2-4-9)15(28)21-10(17(30)31)5-6-12(26)27/h1-4,7,10,17,30-31H,5-6H2,(H,21,28)(H,26,27)(H4,19,20,22,23,29)/t10-/m0/s1. The normalized spacial score (nSPS) is 12.5. The van der Waals surface area contributed by atoms with Crippen molar-refractivity contribution in [3.05, 3.63) is 46.4 Å². The maximum atomic E-state index is 12.3. The Morgan fingerprint density at radius 2 is 1.90 bits per heavy atom. The number of carbonyl (C=O) groups is 2. The first kappa shape index (κ1) is 21.6. The van der Waals surface area contributed by atoms with Crippen molar-refractivity contribution in [2.45, 2.75) is 25.2 Å². The lowest BCUT2D eigenvalue weighted by Gasteiger charge is -2.19. The van der Waals surface area contributed by atoms with Crippen molar-refractivity contribution in [3.63, 3.8) is 0 Å². The predicted octanol–water partition coefficient (Wildman–Crippen LogP) is 0.523. The van der Waals surface area contributed by atoms with E-state index in [0.717, 1.165) is 0 Å². The minimum atomic E-state index is -1.90. The van der Waals surface area contributed by atoms with Crippen molar-refractivity contribution in [1.82, 2.24) is 20.3 Å². The summed E-state index contributed by atoms with van der Waals surface area (Å²) in [6, 6.07) is 4.73. The summed E-state index contributed by atoms with van der Waals surface area (Å²) in [5.41, 5.74) is 6.13. The zero-order chi connectivity index (χ0) is 22.5. The van der Waals surface area contributed by atoms with Gasteiger partial charge in [-0.15, -0.1) is 5.11 Å². The number of carboxylic acids is 1. The monoisotopic (exact) mass is 429 g/mol. The van der Waals surface area contributed by atoms with Gasteiger partial charge >= 0.3 is 5.97 Å². The minimum Gasteiger partial charge on any atom is -0.481 e. The van der Waals surface area contributed by atoms with Crippen LogP contribution in [0, 0.1) is 0 Å². The fourth-order valence-corrected chi connectivity index (χ4v) is 2.74. The number of aliphatic carboxylic acids is 1. The minimum absolute atomic E-state index is 0.0318. The van der Waals surface area contributed by atoms with E-state index < -0.39 is 29.8 Å². The van der Waals surface area contributed by atoms with Gasteiger partial charge in [0.25, 0.3) is 11.5 Å². The molecule has 13 nitrogen and oxygen atoms in total. The number of aliphatic hydroxyl groups excluding tert-OH is 1. The molecule has 2 aromatic heterocycles. The van der Waals surface area contributed by atoms with Gasteiger partial charge in [-0.3, -0.25) is 19.4 Å². The molecule has 2 heterocycles. The number of amides is 1. The molecule has 0 bridgehead atoms. The highest BCUT2D eigenvalue weighted by atomic mass is 16.5. The molecule has 1 aromatic carbocycles. The van der Waals surface area contributed by atoms with E-state index in [1.165, 1.54) is 30.5 Å². The van der Waals surface area contributed by atoms with E-state index in [4.69, 9.17) is 10.8 Å². The summed E-state index contributed by atoms with van der Waals surface area (Å²) in [5.74, 6) is -1.76. The first-order valence-electron chi connectivity index (χ1n) is 9.02. The van der Waals surface area contributed by atoms with Crippen molar-refractivity contribution in [2.75, 3.05) is 5.73 Å². The Balaban J connectivity index is 1.71. The van der Waals surface area contributed by atoms with E-state index in [0.29, 0.717) is 5.69 Å². The number of aliphatic hydroxyl groups is 2. The van der Waals surface area contributed by atoms with Crippen molar-refractivity contribution >= 4 is 40.2 Å². The Bertz CT molecular complexity index is 1180. The Kier molecular flexibility index (Phi) is 6.37. The van der Waals surface area contributed by atoms with E-state index in [-0.39, 0.29) is 41.1 Å². The number of nitrogen functional groups attached to an aromatic ring is 1. The number of aromatic amines is 2. The lowest BCUT2D eigenvalue weighted by atomic mass is 10.1. The van der Waals surface area contributed by atoms with Crippen LogP contribution in [0.25, 0.3) is 11.0 Å². The molecule has 0 radical (unpaired) electrons. The maximum Gasteiger partial charge on any atom is 0.303 e. The topological polar surface area (TPSA) is 219 Å². The van der Waals surface area contributed by atoms with Crippen LogP contribution < -0.4 is 16.6 Å². The SMILES string of the molecule is Nc1nc2[nH]cc(N=Nc3ccc(C(=O)N[C@@H](CCC(=O)O)C(O)O)cc3)c2c(=O)[nH]1. The fourth-order valence-electron chi connectivity index (χ4n) is 2.74. The van der Waals surface area contributed by atoms with Crippen LogP contribution in [0.5, 0.6) is 0 Å². The number of rotatable bonds is 8. The quantitative estimate of drug-likeness (QED) is 0.197. The molecule has 1 atom stereocenters. The second kappa shape index (κ2) is 9.15. The van der Waals surface area contributed by atoms with Gasteiger partial charge in [-0.05, 0) is 30.7 Å². The van der Waals surface area contributed by atoms with Gasteiger partial charge in [0.1, 0.15) is 16.7 Å². The number of fused-ring (bicyclic) bond motifs is 1. The van der Waals surface area contributed by atoms with Crippen LogP contribution in [-0.4, -0.2) is 54.5 Å².